The van der Waals surface area contributed by atoms with Crippen molar-refractivity contribution in [1.82, 2.24) is 0 Å². The smallest absolute Gasteiger partial charge is 0.374 e. The molecule has 0 aromatic heterocycles. The molecule has 0 spiro atoms. The van der Waals surface area contributed by atoms with E-state index in [1.54, 1.807) is 41.5 Å². The van der Waals surface area contributed by atoms with Gasteiger partial charge in [0.25, 0.3) is 0 Å². The molecule has 0 saturated carbocycles. The number of rotatable bonds is 24. The van der Waals surface area contributed by atoms with E-state index in [1.807, 2.05) is 0 Å². The van der Waals surface area contributed by atoms with Crippen molar-refractivity contribution in [2.45, 2.75) is 84.2 Å². The lowest BCUT2D eigenvalue weighted by Gasteiger charge is -2.46. The van der Waals surface area contributed by atoms with Crippen LogP contribution < -0.4 is 0 Å². The van der Waals surface area contributed by atoms with Crippen LogP contribution in [0.1, 0.15) is 67.2 Å². The molecular formula is C20H48O12P3S3Si2. The fraction of sp³-hybridized carbons (Fsp3) is 0.950. The van der Waals surface area contributed by atoms with Gasteiger partial charge in [0.1, 0.15) is 4.90 Å². The van der Waals surface area contributed by atoms with Crippen LogP contribution in [-0.4, -0.2) is 91.5 Å². The molecule has 0 unspecified atom stereocenters. The lowest BCUT2D eigenvalue weighted by atomic mass is 10.1. The highest BCUT2D eigenvalue weighted by atomic mass is 32.5. The largest absolute Gasteiger partial charge is 0.500 e. The second-order valence-corrected chi connectivity index (χ2v) is 24.3. The van der Waals surface area contributed by atoms with Crippen molar-refractivity contribution in [1.29, 1.82) is 0 Å². The summed E-state index contributed by atoms with van der Waals surface area (Å²) in [5, 5.41) is 0. The van der Waals surface area contributed by atoms with Crippen molar-refractivity contribution in [3.8, 4) is 0 Å². The first-order valence-electron chi connectivity index (χ1n) is 13.3. The van der Waals surface area contributed by atoms with Crippen molar-refractivity contribution in [3.05, 3.63) is 5.66 Å². The second-order valence-electron chi connectivity index (χ2n) is 8.57. The topological polar surface area (TPSA) is 177 Å². The van der Waals surface area contributed by atoms with Gasteiger partial charge in [-0.3, -0.25) is 0 Å². The Labute approximate surface area is 257 Å². The first kappa shape index (κ1) is 41.9. The van der Waals surface area contributed by atoms with Crippen LogP contribution >= 0.6 is 19.5 Å². The Balaban J connectivity index is 6.57. The van der Waals surface area contributed by atoms with Crippen LogP contribution in [0, 0.1) is 5.66 Å². The third-order valence-corrected chi connectivity index (χ3v) is 21.8. The maximum Gasteiger partial charge on any atom is 0.500 e. The van der Waals surface area contributed by atoms with Gasteiger partial charge >= 0.3 is 17.6 Å². The van der Waals surface area contributed by atoms with Gasteiger partial charge in [0, 0.05) is 51.7 Å². The van der Waals surface area contributed by atoms with Crippen molar-refractivity contribution in [2.75, 3.05) is 39.6 Å². The molecule has 0 aromatic rings. The molecule has 0 aliphatic heterocycles. The molecule has 0 amide bonds. The summed E-state index contributed by atoms with van der Waals surface area (Å²) in [5.41, 5.74) is -0.444. The molecule has 1 radical (unpaired) electrons. The third-order valence-electron chi connectivity index (χ3n) is 5.87. The monoisotopic (exact) mass is 725 g/mol. The molecular weight excluding hydrogens is 678 g/mol. The molecule has 6 N–H and O–H groups in total. The van der Waals surface area contributed by atoms with Gasteiger partial charge in [-0.05, 0) is 103 Å². The second kappa shape index (κ2) is 18.8. The van der Waals surface area contributed by atoms with E-state index < -0.39 is 54.1 Å². The molecule has 40 heavy (non-hydrogen) atoms. The third kappa shape index (κ3) is 12.0. The van der Waals surface area contributed by atoms with Crippen molar-refractivity contribution >= 4 is 72.5 Å². The van der Waals surface area contributed by atoms with E-state index in [1.165, 1.54) is 0 Å². The summed E-state index contributed by atoms with van der Waals surface area (Å²) in [6, 6.07) is 0.364. The zero-order chi connectivity index (χ0) is 31.3. The molecule has 0 aliphatic carbocycles. The summed E-state index contributed by atoms with van der Waals surface area (Å²) in [4.78, 5) is 62.9. The lowest BCUT2D eigenvalue weighted by Crippen LogP contribution is -2.47. The highest BCUT2D eigenvalue weighted by Crippen LogP contribution is 2.81. The van der Waals surface area contributed by atoms with Crippen LogP contribution in [0.25, 0.3) is 0 Å². The highest BCUT2D eigenvalue weighted by molar-refractivity contribution is 8.21. The summed E-state index contributed by atoms with van der Waals surface area (Å²) in [6.45, 7) is -1.41. The van der Waals surface area contributed by atoms with Gasteiger partial charge in [0.2, 0.25) is 13.0 Å². The summed E-state index contributed by atoms with van der Waals surface area (Å²) < 4.78 is 35.1. The van der Waals surface area contributed by atoms with E-state index >= 15 is 0 Å². The molecule has 0 atom stereocenters. The molecule has 0 aromatic carbocycles. The van der Waals surface area contributed by atoms with Gasteiger partial charge in [0.05, 0.1) is 5.66 Å². The Kier molecular flexibility index (Phi) is 19.7. The van der Waals surface area contributed by atoms with Gasteiger partial charge < -0.3 is 55.9 Å². The minimum Gasteiger partial charge on any atom is -0.374 e. The predicted octanol–water partition coefficient (Wildman–Crippen LogP) is 3.75. The Bertz CT molecular complexity index is 817. The van der Waals surface area contributed by atoms with E-state index in [2.05, 4.69) is 0 Å². The van der Waals surface area contributed by atoms with E-state index in [0.29, 0.717) is 39.6 Å². The van der Waals surface area contributed by atoms with Crippen LogP contribution in [0.4, 0.5) is 0 Å². The SMILES string of the molecule is CCO[Si](CCC[C](C(CCC[Si](OCC)(OCC)OCC)(P(O)(O)=S)P(O)(O)=S)P(O)(O)=S)(OCC)OCC. The number of hydrogen-bond acceptors (Lipinski definition) is 9. The molecule has 0 bridgehead atoms. The molecule has 0 saturated heterocycles. The zero-order valence-electron chi connectivity index (χ0n) is 24.2. The Morgan fingerprint density at radius 2 is 0.875 bits per heavy atom. The van der Waals surface area contributed by atoms with Crippen LogP contribution in [0.3, 0.4) is 0 Å². The average Bonchev–Trinajstić information content (AvgIpc) is 2.79. The zero-order valence-corrected chi connectivity index (χ0v) is 31.3. The Morgan fingerprint density at radius 1 is 0.575 bits per heavy atom. The van der Waals surface area contributed by atoms with Crippen molar-refractivity contribution < 1.29 is 55.9 Å². The minimum absolute atomic E-state index is 0.0274. The molecule has 241 valence electrons. The maximum absolute atomic E-state index is 11.0. The van der Waals surface area contributed by atoms with Gasteiger partial charge in [-0.15, -0.1) is 0 Å². The standard InChI is InChI=1S/C20H48O12P3S3Si2/c1-7-27-39(28-8-2,29-9-3)17-13-15-19(33(21,22)36)20(34(23,24)37,35(25,26)38)16-14-18-40(30-10-4,31-11-5)32-12-6/h7-18H2,1-6H3,(H2,21,22,36)(H2,23,24,37)(H2,25,26,38). The highest BCUT2D eigenvalue weighted by Gasteiger charge is 2.62. The van der Waals surface area contributed by atoms with Crippen molar-refractivity contribution in [3.63, 3.8) is 0 Å². The van der Waals surface area contributed by atoms with Gasteiger partial charge in [0.15, 0.2) is 6.49 Å². The minimum atomic E-state index is -4.73. The first-order chi connectivity index (χ1) is 18.4. The Morgan fingerprint density at radius 3 is 1.12 bits per heavy atom. The van der Waals surface area contributed by atoms with E-state index in [4.69, 9.17) is 62.0 Å². The summed E-state index contributed by atoms with van der Waals surface area (Å²) in [7, 11) is -6.41. The van der Waals surface area contributed by atoms with E-state index in [0.717, 1.165) is 0 Å². The van der Waals surface area contributed by atoms with E-state index in [9.17, 15) is 29.4 Å². The normalized spacial score (nSPS) is 14.3. The van der Waals surface area contributed by atoms with Crippen LogP contribution in [0.15, 0.2) is 0 Å². The fourth-order valence-corrected chi connectivity index (χ4v) is 20.9. The van der Waals surface area contributed by atoms with Crippen molar-refractivity contribution in [2.24, 2.45) is 0 Å². The summed E-state index contributed by atoms with van der Waals surface area (Å²) in [5.74, 6) is 0. The quantitative estimate of drug-likeness (QED) is 0.0626. The molecule has 0 rings (SSSR count). The Hall–Kier alpha value is 1.90. The van der Waals surface area contributed by atoms with Gasteiger partial charge in [-0.2, -0.15) is 0 Å². The van der Waals surface area contributed by atoms with Gasteiger partial charge in [-0.25, -0.2) is 0 Å². The van der Waals surface area contributed by atoms with Crippen LogP contribution in [0.5, 0.6) is 0 Å². The number of hydrogen-bond donors (Lipinski definition) is 6. The molecule has 0 fully saturated rings. The fourth-order valence-electron chi connectivity index (χ4n) is 4.55. The molecule has 0 heterocycles. The van der Waals surface area contributed by atoms with Crippen LogP contribution in [0.2, 0.25) is 12.1 Å². The van der Waals surface area contributed by atoms with E-state index in [-0.39, 0.29) is 31.4 Å². The predicted molar refractivity (Wildman–Crippen MR) is 171 cm³/mol. The summed E-state index contributed by atoms with van der Waals surface area (Å²) in [6.07, 6.45) is -0.512. The molecule has 12 nitrogen and oxygen atoms in total. The molecule has 20 heteroatoms. The summed E-state index contributed by atoms with van der Waals surface area (Å²) >= 11 is 15.2. The average molecular weight is 726 g/mol. The first-order valence-corrected chi connectivity index (χ1v) is 25.3. The van der Waals surface area contributed by atoms with Gasteiger partial charge in [-0.1, -0.05) is 0 Å². The lowest BCUT2D eigenvalue weighted by molar-refractivity contribution is 0.0696. The molecule has 0 aliphatic rings. The van der Waals surface area contributed by atoms with Crippen LogP contribution in [-0.2, 0) is 62.0 Å². The maximum atomic E-state index is 11.0.